The Morgan fingerprint density at radius 2 is 2.08 bits per heavy atom. The molecule has 1 aromatic carbocycles. The Labute approximate surface area is 146 Å². The minimum absolute atomic E-state index is 0.0492. The first-order chi connectivity index (χ1) is 12.0. The summed E-state index contributed by atoms with van der Waals surface area (Å²) in [6, 6.07) is 8.49. The fourth-order valence-electron chi connectivity index (χ4n) is 4.29. The van der Waals surface area contributed by atoms with Crippen molar-refractivity contribution >= 4 is 11.7 Å². The Balaban J connectivity index is 1.64. The molecule has 4 rings (SSSR count). The number of likely N-dealkylation sites (tertiary alicyclic amines) is 1. The minimum Gasteiger partial charge on any atom is -0.356 e. The normalized spacial score (nSPS) is 25.3. The molecule has 6 heteroatoms. The van der Waals surface area contributed by atoms with Crippen LogP contribution in [0.25, 0.3) is 0 Å². The van der Waals surface area contributed by atoms with Gasteiger partial charge in [-0.15, -0.1) is 0 Å². The number of rotatable bonds is 2. The van der Waals surface area contributed by atoms with E-state index >= 15 is 0 Å². The zero-order chi connectivity index (χ0) is 17.6. The van der Waals surface area contributed by atoms with Crippen LogP contribution < -0.4 is 4.90 Å². The summed E-state index contributed by atoms with van der Waals surface area (Å²) < 4.78 is 13.7. The Morgan fingerprint density at radius 1 is 1.24 bits per heavy atom. The Hall–Kier alpha value is -2.50. The van der Waals surface area contributed by atoms with Gasteiger partial charge in [0.2, 0.25) is 5.91 Å². The molecule has 2 aliphatic heterocycles. The predicted molar refractivity (Wildman–Crippen MR) is 92.5 cm³/mol. The summed E-state index contributed by atoms with van der Waals surface area (Å²) >= 11 is 0. The van der Waals surface area contributed by atoms with E-state index in [1.165, 1.54) is 6.07 Å². The lowest BCUT2D eigenvalue weighted by Gasteiger charge is -2.29. The number of amides is 1. The molecule has 0 radical (unpaired) electrons. The summed E-state index contributed by atoms with van der Waals surface area (Å²) in [6.45, 7) is 5.86. The van der Waals surface area contributed by atoms with E-state index in [1.54, 1.807) is 25.3 Å². The topological polar surface area (TPSA) is 49.3 Å². The highest BCUT2D eigenvalue weighted by atomic mass is 19.1. The van der Waals surface area contributed by atoms with Gasteiger partial charge in [0.15, 0.2) is 0 Å². The molecule has 2 aliphatic rings. The van der Waals surface area contributed by atoms with Gasteiger partial charge in [0.1, 0.15) is 17.5 Å². The second-order valence-corrected chi connectivity index (χ2v) is 6.96. The number of aryl methyl sites for hydroxylation is 1. The van der Waals surface area contributed by atoms with Crippen molar-refractivity contribution < 1.29 is 9.18 Å². The van der Waals surface area contributed by atoms with Crippen LogP contribution in [0.3, 0.4) is 0 Å². The number of halogens is 1. The number of carbonyl (C=O) groups is 1. The van der Waals surface area contributed by atoms with Gasteiger partial charge >= 0.3 is 0 Å². The van der Waals surface area contributed by atoms with E-state index in [9.17, 15) is 9.18 Å². The molecule has 3 heterocycles. The van der Waals surface area contributed by atoms with Crippen molar-refractivity contribution in [3.63, 3.8) is 0 Å². The summed E-state index contributed by atoms with van der Waals surface area (Å²) in [5.74, 6) is 2.11. The first-order valence-corrected chi connectivity index (χ1v) is 8.60. The monoisotopic (exact) mass is 340 g/mol. The number of hydrogen-bond donors (Lipinski definition) is 0. The molecular formula is C19H21FN4O. The van der Waals surface area contributed by atoms with Crippen LogP contribution >= 0.6 is 0 Å². The van der Waals surface area contributed by atoms with Crippen LogP contribution in [0.1, 0.15) is 24.4 Å². The van der Waals surface area contributed by atoms with E-state index in [-0.39, 0.29) is 23.7 Å². The van der Waals surface area contributed by atoms with Crippen molar-refractivity contribution in [2.45, 2.75) is 19.9 Å². The van der Waals surface area contributed by atoms with Crippen LogP contribution in [0.4, 0.5) is 10.2 Å². The third-order valence-corrected chi connectivity index (χ3v) is 5.34. The molecule has 5 nitrogen and oxygen atoms in total. The fraction of sp³-hybridized carbons (Fsp3) is 0.421. The first-order valence-electron chi connectivity index (χ1n) is 8.60. The van der Waals surface area contributed by atoms with Crippen LogP contribution in [-0.4, -0.2) is 40.4 Å². The standard InChI is InChI=1S/C19H21FN4O/c1-12-21-7-6-18(22-12)23-9-15-10-24(13(2)25)19(17(15)11-23)14-4-3-5-16(20)8-14/h3-8,15,17,19H,9-11H2,1-2H3/t15-,17-,19-/m1/s1. The molecule has 0 spiro atoms. The number of benzene rings is 1. The summed E-state index contributed by atoms with van der Waals surface area (Å²) in [4.78, 5) is 25.0. The zero-order valence-corrected chi connectivity index (χ0v) is 14.4. The molecule has 25 heavy (non-hydrogen) atoms. The van der Waals surface area contributed by atoms with Crippen molar-refractivity contribution in [2.75, 3.05) is 24.5 Å². The molecule has 0 bridgehead atoms. The molecule has 1 amide bonds. The maximum Gasteiger partial charge on any atom is 0.219 e. The lowest BCUT2D eigenvalue weighted by Crippen LogP contribution is -2.34. The second-order valence-electron chi connectivity index (χ2n) is 6.96. The molecule has 2 saturated heterocycles. The van der Waals surface area contributed by atoms with Crippen LogP contribution in [-0.2, 0) is 4.79 Å². The summed E-state index contributed by atoms with van der Waals surface area (Å²) in [5.41, 5.74) is 0.878. The van der Waals surface area contributed by atoms with Gasteiger partial charge in [-0.3, -0.25) is 4.79 Å². The smallest absolute Gasteiger partial charge is 0.219 e. The van der Waals surface area contributed by atoms with Crippen molar-refractivity contribution in [2.24, 2.45) is 11.8 Å². The fourth-order valence-corrected chi connectivity index (χ4v) is 4.29. The largest absolute Gasteiger partial charge is 0.356 e. The summed E-state index contributed by atoms with van der Waals surface area (Å²) in [6.07, 6.45) is 1.78. The number of carbonyl (C=O) groups excluding carboxylic acids is 1. The Bertz CT molecular complexity index is 812. The average Bonchev–Trinajstić information content (AvgIpc) is 3.12. The van der Waals surface area contributed by atoms with Crippen LogP contribution in [0.15, 0.2) is 36.5 Å². The molecule has 130 valence electrons. The maximum absolute atomic E-state index is 13.7. The van der Waals surface area contributed by atoms with Crippen molar-refractivity contribution in [3.05, 3.63) is 53.7 Å². The summed E-state index contributed by atoms with van der Waals surface area (Å²) in [7, 11) is 0. The molecule has 1 aromatic heterocycles. The number of aromatic nitrogens is 2. The van der Waals surface area contributed by atoms with Gasteiger partial charge in [-0.2, -0.15) is 0 Å². The molecule has 0 saturated carbocycles. The number of anilines is 1. The number of nitrogens with zero attached hydrogens (tertiary/aromatic N) is 4. The van der Waals surface area contributed by atoms with Gasteiger partial charge in [-0.05, 0) is 30.7 Å². The van der Waals surface area contributed by atoms with Crippen LogP contribution in [0.2, 0.25) is 0 Å². The van der Waals surface area contributed by atoms with Gasteiger partial charge < -0.3 is 9.80 Å². The molecule has 0 unspecified atom stereocenters. The zero-order valence-electron chi connectivity index (χ0n) is 14.4. The third kappa shape index (κ3) is 2.86. The van der Waals surface area contributed by atoms with Crippen LogP contribution in [0.5, 0.6) is 0 Å². The van der Waals surface area contributed by atoms with Gasteiger partial charge in [0.25, 0.3) is 0 Å². The quantitative estimate of drug-likeness (QED) is 0.843. The lowest BCUT2D eigenvalue weighted by molar-refractivity contribution is -0.130. The highest BCUT2D eigenvalue weighted by Gasteiger charge is 2.48. The Kier molecular flexibility index (Phi) is 3.90. The SMILES string of the molecule is CC(=O)N1C[C@H]2CN(c3ccnc(C)n3)C[C@H]2[C@H]1c1cccc(F)c1. The van der Waals surface area contributed by atoms with Crippen molar-refractivity contribution in [3.8, 4) is 0 Å². The number of hydrogen-bond acceptors (Lipinski definition) is 4. The van der Waals surface area contributed by atoms with E-state index in [0.717, 1.165) is 30.3 Å². The predicted octanol–water partition coefficient (Wildman–Crippen LogP) is 2.58. The molecule has 2 aromatic rings. The van der Waals surface area contributed by atoms with Gasteiger partial charge in [0, 0.05) is 44.6 Å². The molecule has 0 N–H and O–H groups in total. The number of fused-ring (bicyclic) bond motifs is 1. The van der Waals surface area contributed by atoms with E-state index in [4.69, 9.17) is 0 Å². The third-order valence-electron chi connectivity index (χ3n) is 5.34. The van der Waals surface area contributed by atoms with Gasteiger partial charge in [-0.25, -0.2) is 14.4 Å². The van der Waals surface area contributed by atoms with E-state index in [1.807, 2.05) is 24.0 Å². The second kappa shape index (κ2) is 6.10. The van der Waals surface area contributed by atoms with E-state index in [0.29, 0.717) is 12.5 Å². The first kappa shape index (κ1) is 16.0. The lowest BCUT2D eigenvalue weighted by atomic mass is 9.89. The minimum atomic E-state index is -0.259. The van der Waals surface area contributed by atoms with Gasteiger partial charge in [-0.1, -0.05) is 12.1 Å². The highest BCUT2D eigenvalue weighted by molar-refractivity contribution is 5.74. The highest BCUT2D eigenvalue weighted by Crippen LogP contribution is 2.45. The Morgan fingerprint density at radius 3 is 2.80 bits per heavy atom. The summed E-state index contributed by atoms with van der Waals surface area (Å²) in [5, 5.41) is 0. The molecule has 3 atom stereocenters. The van der Waals surface area contributed by atoms with Gasteiger partial charge in [0.05, 0.1) is 6.04 Å². The van der Waals surface area contributed by atoms with Crippen LogP contribution in [0, 0.1) is 24.6 Å². The van der Waals surface area contributed by atoms with E-state index in [2.05, 4.69) is 14.9 Å². The van der Waals surface area contributed by atoms with Crippen molar-refractivity contribution in [1.82, 2.24) is 14.9 Å². The molecule has 2 fully saturated rings. The van der Waals surface area contributed by atoms with Crippen molar-refractivity contribution in [1.29, 1.82) is 0 Å². The molecular weight excluding hydrogens is 319 g/mol. The average molecular weight is 340 g/mol. The molecule has 0 aliphatic carbocycles. The van der Waals surface area contributed by atoms with E-state index < -0.39 is 0 Å². The maximum atomic E-state index is 13.7.